The first-order chi connectivity index (χ1) is 14.9. The van der Waals surface area contributed by atoms with Gasteiger partial charge in [0.05, 0.1) is 30.7 Å². The van der Waals surface area contributed by atoms with E-state index >= 15 is 0 Å². The summed E-state index contributed by atoms with van der Waals surface area (Å²) >= 11 is 0. The van der Waals surface area contributed by atoms with E-state index in [-0.39, 0.29) is 11.7 Å². The fourth-order valence-corrected chi connectivity index (χ4v) is 3.11. The summed E-state index contributed by atoms with van der Waals surface area (Å²) in [6.07, 6.45) is -1.02. The topological polar surface area (TPSA) is 102 Å². The van der Waals surface area contributed by atoms with Crippen molar-refractivity contribution in [2.45, 2.75) is 38.6 Å². The molecule has 0 radical (unpaired) electrons. The van der Waals surface area contributed by atoms with Crippen LogP contribution in [0.4, 0.5) is 10.3 Å². The molecule has 1 atom stereocenters. The molecule has 8 nitrogen and oxygen atoms in total. The maximum absolute atomic E-state index is 13.4. The van der Waals surface area contributed by atoms with Gasteiger partial charge >= 0.3 is 0 Å². The van der Waals surface area contributed by atoms with Crippen molar-refractivity contribution in [3.05, 3.63) is 41.3 Å². The Bertz CT molecular complexity index is 810. The summed E-state index contributed by atoms with van der Waals surface area (Å²) in [7, 11) is 3.73. The lowest BCUT2D eigenvalue weighted by molar-refractivity contribution is -0.0987. The number of aromatic nitrogens is 2. The fourth-order valence-electron chi connectivity index (χ4n) is 3.11. The minimum absolute atomic E-state index is 0.0703. The summed E-state index contributed by atoms with van der Waals surface area (Å²) in [5.74, 6) is 0.294. The molecule has 170 valence electrons. The van der Waals surface area contributed by atoms with E-state index < -0.39 is 12.4 Å². The first-order valence-electron chi connectivity index (χ1n) is 9.71. The summed E-state index contributed by atoms with van der Waals surface area (Å²) in [6, 6.07) is 6.11. The number of aliphatic hydroxyl groups is 1. The van der Waals surface area contributed by atoms with Gasteiger partial charge in [0.2, 0.25) is 5.95 Å². The highest BCUT2D eigenvalue weighted by atomic mass is 19.1. The number of benzene rings is 1. The van der Waals surface area contributed by atoms with Crippen LogP contribution in [0.5, 0.6) is 0 Å². The number of hydrogen-bond acceptors (Lipinski definition) is 8. The Morgan fingerprint density at radius 2 is 1.65 bits per heavy atom. The SMILES string of the molecule is C=O.C=O.CC(C)c1nc(N(C)C)nc(-c2ccc(F)cc2)c1C(O)CC1OCCO1. The van der Waals surface area contributed by atoms with E-state index in [1.807, 2.05) is 46.4 Å². The van der Waals surface area contributed by atoms with E-state index in [4.69, 9.17) is 19.1 Å². The Balaban J connectivity index is 0.00000113. The maximum Gasteiger partial charge on any atom is 0.225 e. The van der Waals surface area contributed by atoms with Gasteiger partial charge in [-0.3, -0.25) is 0 Å². The zero-order valence-corrected chi connectivity index (χ0v) is 18.4. The van der Waals surface area contributed by atoms with Crippen LogP contribution in [0, 0.1) is 5.82 Å². The molecular weight excluding hydrogens is 405 g/mol. The molecule has 0 saturated carbocycles. The number of carbonyl (C=O) groups excluding carboxylic acids is 2. The largest absolute Gasteiger partial charge is 0.388 e. The maximum atomic E-state index is 13.4. The second kappa shape index (κ2) is 12.8. The van der Waals surface area contributed by atoms with Gasteiger partial charge in [-0.15, -0.1) is 0 Å². The molecular formula is C22H30FN3O5. The zero-order chi connectivity index (χ0) is 23.6. The standard InChI is InChI=1S/C20H26FN3O3.2CH2O/c1-12(2)18-17(15(25)11-16-26-9-10-27-16)19(23-20(22-18)24(3)4)13-5-7-14(21)8-6-13;2*1-2/h5-8,12,15-16,25H,9-11H2,1-4H3;2*1H2. The molecule has 31 heavy (non-hydrogen) atoms. The Morgan fingerprint density at radius 3 is 2.13 bits per heavy atom. The number of nitrogens with zero attached hydrogens (tertiary/aromatic N) is 3. The molecule has 0 spiro atoms. The Morgan fingerprint density at radius 1 is 1.10 bits per heavy atom. The number of aliphatic hydroxyl groups excluding tert-OH is 1. The predicted molar refractivity (Wildman–Crippen MR) is 115 cm³/mol. The van der Waals surface area contributed by atoms with Crippen LogP contribution in [-0.4, -0.2) is 62.3 Å². The van der Waals surface area contributed by atoms with Crippen LogP contribution in [0.1, 0.15) is 43.5 Å². The van der Waals surface area contributed by atoms with Crippen molar-refractivity contribution in [1.82, 2.24) is 9.97 Å². The summed E-state index contributed by atoms with van der Waals surface area (Å²) < 4.78 is 24.4. The number of ether oxygens (including phenoxy) is 2. The molecule has 1 unspecified atom stereocenters. The lowest BCUT2D eigenvalue weighted by Gasteiger charge is -2.24. The first kappa shape index (κ1) is 26.3. The van der Waals surface area contributed by atoms with Crippen LogP contribution in [0.2, 0.25) is 0 Å². The van der Waals surface area contributed by atoms with Crippen LogP contribution in [0.25, 0.3) is 11.3 Å². The van der Waals surface area contributed by atoms with Gasteiger partial charge in [-0.25, -0.2) is 14.4 Å². The van der Waals surface area contributed by atoms with Crippen molar-refractivity contribution in [3.8, 4) is 11.3 Å². The number of carbonyl (C=O) groups is 2. The smallest absolute Gasteiger partial charge is 0.225 e. The molecule has 1 fully saturated rings. The van der Waals surface area contributed by atoms with Gasteiger partial charge < -0.3 is 29.1 Å². The lowest BCUT2D eigenvalue weighted by Crippen LogP contribution is -2.20. The van der Waals surface area contributed by atoms with Crippen molar-refractivity contribution in [1.29, 1.82) is 0 Å². The Hall–Kier alpha value is -2.75. The number of halogens is 1. The molecule has 0 amide bonds. The molecule has 1 N–H and O–H groups in total. The highest BCUT2D eigenvalue weighted by Crippen LogP contribution is 2.36. The number of anilines is 1. The van der Waals surface area contributed by atoms with Crippen LogP contribution in [-0.2, 0) is 19.1 Å². The van der Waals surface area contributed by atoms with Gasteiger partial charge in [-0.2, -0.15) is 0 Å². The normalized spacial score (nSPS) is 14.3. The van der Waals surface area contributed by atoms with Gasteiger partial charge in [-0.05, 0) is 30.2 Å². The second-order valence-electron chi connectivity index (χ2n) is 7.15. The third-order valence-electron chi connectivity index (χ3n) is 4.47. The van der Waals surface area contributed by atoms with Crippen LogP contribution >= 0.6 is 0 Å². The minimum atomic E-state index is -0.859. The van der Waals surface area contributed by atoms with Gasteiger partial charge in [0.15, 0.2) is 6.29 Å². The van der Waals surface area contributed by atoms with Crippen molar-refractivity contribution in [3.63, 3.8) is 0 Å². The molecule has 2 heterocycles. The highest BCUT2D eigenvalue weighted by Gasteiger charge is 2.28. The average molecular weight is 435 g/mol. The second-order valence-corrected chi connectivity index (χ2v) is 7.15. The molecule has 0 aliphatic carbocycles. The van der Waals surface area contributed by atoms with E-state index in [2.05, 4.69) is 9.97 Å². The molecule has 3 rings (SSSR count). The van der Waals surface area contributed by atoms with E-state index in [0.29, 0.717) is 36.8 Å². The van der Waals surface area contributed by atoms with Crippen LogP contribution in [0.15, 0.2) is 24.3 Å². The van der Waals surface area contributed by atoms with Crippen molar-refractivity contribution < 1.29 is 28.6 Å². The van der Waals surface area contributed by atoms with E-state index in [9.17, 15) is 9.50 Å². The third kappa shape index (κ3) is 6.88. The number of rotatable bonds is 6. The molecule has 0 bridgehead atoms. The van der Waals surface area contributed by atoms with Gasteiger partial charge in [0.25, 0.3) is 0 Å². The fraction of sp³-hybridized carbons (Fsp3) is 0.455. The first-order valence-corrected chi connectivity index (χ1v) is 9.71. The summed E-state index contributed by atoms with van der Waals surface area (Å²) in [5.41, 5.74) is 2.73. The van der Waals surface area contributed by atoms with Gasteiger partial charge in [-0.1, -0.05) is 13.8 Å². The average Bonchev–Trinajstić information content (AvgIpc) is 3.29. The molecule has 9 heteroatoms. The summed E-state index contributed by atoms with van der Waals surface area (Å²) in [6.45, 7) is 9.09. The van der Waals surface area contributed by atoms with Crippen molar-refractivity contribution in [2.24, 2.45) is 0 Å². The van der Waals surface area contributed by atoms with Crippen molar-refractivity contribution >= 4 is 19.5 Å². The third-order valence-corrected chi connectivity index (χ3v) is 4.47. The van der Waals surface area contributed by atoms with E-state index in [1.165, 1.54) is 12.1 Å². The molecule has 1 aliphatic heterocycles. The molecule has 1 aromatic carbocycles. The molecule has 1 aliphatic rings. The predicted octanol–water partition coefficient (Wildman–Crippen LogP) is 2.90. The Kier molecular flexibility index (Phi) is 10.9. The monoisotopic (exact) mass is 435 g/mol. The lowest BCUT2D eigenvalue weighted by atomic mass is 9.93. The number of hydrogen-bond donors (Lipinski definition) is 1. The van der Waals surface area contributed by atoms with Crippen molar-refractivity contribution in [2.75, 3.05) is 32.2 Å². The van der Waals surface area contributed by atoms with E-state index in [1.54, 1.807) is 12.1 Å². The Labute approximate surface area is 182 Å². The summed E-state index contributed by atoms with van der Waals surface area (Å²) in [5, 5.41) is 11.0. The summed E-state index contributed by atoms with van der Waals surface area (Å²) in [4.78, 5) is 27.1. The van der Waals surface area contributed by atoms with Crippen LogP contribution < -0.4 is 4.90 Å². The quantitative estimate of drug-likeness (QED) is 0.739. The molecule has 1 aromatic heterocycles. The minimum Gasteiger partial charge on any atom is -0.388 e. The highest BCUT2D eigenvalue weighted by molar-refractivity contribution is 5.66. The molecule has 2 aromatic rings. The van der Waals surface area contributed by atoms with E-state index in [0.717, 1.165) is 11.3 Å². The van der Waals surface area contributed by atoms with Gasteiger partial charge in [0, 0.05) is 31.6 Å². The molecule has 1 saturated heterocycles. The zero-order valence-electron chi connectivity index (χ0n) is 18.4. The van der Waals surface area contributed by atoms with Gasteiger partial charge in [0.1, 0.15) is 19.4 Å². The van der Waals surface area contributed by atoms with Crippen LogP contribution in [0.3, 0.4) is 0 Å².